The number of rotatable bonds is 5. The third-order valence-corrected chi connectivity index (χ3v) is 4.49. The molecule has 3 aromatic carbocycles. The number of benzene rings is 3. The highest BCUT2D eigenvalue weighted by Gasteiger charge is 2.03. The number of thiocarbonyl (C=S) groups is 1. The lowest BCUT2D eigenvalue weighted by molar-refractivity contribution is 0.104. The number of hydrogen-bond donors (Lipinski definition) is 2. The van der Waals surface area contributed by atoms with E-state index in [4.69, 9.17) is 23.8 Å². The van der Waals surface area contributed by atoms with Crippen molar-refractivity contribution in [3.63, 3.8) is 0 Å². The van der Waals surface area contributed by atoms with Crippen molar-refractivity contribution in [2.75, 3.05) is 10.6 Å². The first-order valence-corrected chi connectivity index (χ1v) is 9.51. The van der Waals surface area contributed by atoms with Gasteiger partial charge in [0, 0.05) is 22.0 Å². The molecule has 28 heavy (non-hydrogen) atoms. The lowest BCUT2D eigenvalue weighted by Gasteiger charge is -2.11. The topological polar surface area (TPSA) is 41.1 Å². The summed E-state index contributed by atoms with van der Waals surface area (Å²) < 4.78 is 0. The van der Waals surface area contributed by atoms with Crippen LogP contribution < -0.4 is 10.6 Å². The van der Waals surface area contributed by atoms with Crippen LogP contribution in [0.15, 0.2) is 78.9 Å². The number of halogens is 1. The molecule has 3 rings (SSSR count). The van der Waals surface area contributed by atoms with E-state index in [1.54, 1.807) is 36.4 Å². The molecule has 0 radical (unpaired) electrons. The summed E-state index contributed by atoms with van der Waals surface area (Å²) in [6.07, 6.45) is 3.32. The Labute approximate surface area is 175 Å². The summed E-state index contributed by atoms with van der Waals surface area (Å²) in [4.78, 5) is 12.3. The van der Waals surface area contributed by atoms with E-state index in [0.717, 1.165) is 16.9 Å². The second-order valence-electron chi connectivity index (χ2n) is 6.27. The van der Waals surface area contributed by atoms with Gasteiger partial charge in [-0.2, -0.15) is 0 Å². The summed E-state index contributed by atoms with van der Waals surface area (Å²) in [6.45, 7) is 2.04. The van der Waals surface area contributed by atoms with E-state index >= 15 is 0 Å². The normalized spacial score (nSPS) is 10.6. The molecule has 0 aromatic heterocycles. The molecule has 0 aliphatic carbocycles. The first kappa shape index (κ1) is 19.8. The number of hydrogen-bond acceptors (Lipinski definition) is 2. The third-order valence-electron chi connectivity index (χ3n) is 4.03. The molecule has 0 fully saturated rings. The molecule has 0 spiro atoms. The van der Waals surface area contributed by atoms with Gasteiger partial charge in [0.15, 0.2) is 10.9 Å². The van der Waals surface area contributed by atoms with Gasteiger partial charge in [-0.1, -0.05) is 47.5 Å². The largest absolute Gasteiger partial charge is 0.332 e. The van der Waals surface area contributed by atoms with E-state index in [-0.39, 0.29) is 5.78 Å². The molecule has 3 nitrogen and oxygen atoms in total. The van der Waals surface area contributed by atoms with E-state index in [2.05, 4.69) is 10.6 Å². The van der Waals surface area contributed by atoms with Crippen molar-refractivity contribution in [1.82, 2.24) is 0 Å². The van der Waals surface area contributed by atoms with E-state index in [1.165, 1.54) is 5.56 Å². The number of carbonyl (C=O) groups is 1. The van der Waals surface area contributed by atoms with Crippen molar-refractivity contribution in [2.45, 2.75) is 6.92 Å². The minimum atomic E-state index is -0.0677. The van der Waals surface area contributed by atoms with Crippen LogP contribution in [0.2, 0.25) is 5.02 Å². The van der Waals surface area contributed by atoms with Crippen molar-refractivity contribution >= 4 is 52.2 Å². The third kappa shape index (κ3) is 5.78. The molecule has 2 N–H and O–H groups in total. The van der Waals surface area contributed by atoms with Gasteiger partial charge in [0.2, 0.25) is 0 Å². The molecular formula is C23H19ClN2OS. The number of anilines is 2. The molecule has 0 unspecified atom stereocenters. The molecule has 3 aromatic rings. The summed E-state index contributed by atoms with van der Waals surface area (Å²) in [5, 5.41) is 7.40. The van der Waals surface area contributed by atoms with Crippen LogP contribution in [-0.2, 0) is 0 Å². The van der Waals surface area contributed by atoms with Crippen LogP contribution in [0.25, 0.3) is 6.08 Å². The summed E-state index contributed by atoms with van der Waals surface area (Å²) >= 11 is 11.2. The van der Waals surface area contributed by atoms with Crippen molar-refractivity contribution < 1.29 is 4.79 Å². The molecule has 0 aliphatic rings. The highest BCUT2D eigenvalue weighted by Crippen LogP contribution is 2.14. The number of carbonyl (C=O) groups excluding carboxylic acids is 1. The summed E-state index contributed by atoms with van der Waals surface area (Å²) in [5.41, 5.74) is 4.44. The lowest BCUT2D eigenvalue weighted by atomic mass is 10.1. The quantitative estimate of drug-likeness (QED) is 0.294. The van der Waals surface area contributed by atoms with Gasteiger partial charge in [-0.05, 0) is 79.3 Å². The molecule has 5 heteroatoms. The molecule has 0 heterocycles. The molecule has 140 valence electrons. The minimum absolute atomic E-state index is 0.0677. The van der Waals surface area contributed by atoms with E-state index in [9.17, 15) is 4.79 Å². The maximum atomic E-state index is 12.3. The Morgan fingerprint density at radius 3 is 1.96 bits per heavy atom. The van der Waals surface area contributed by atoms with Gasteiger partial charge >= 0.3 is 0 Å². The van der Waals surface area contributed by atoms with Crippen LogP contribution in [0.5, 0.6) is 0 Å². The summed E-state index contributed by atoms with van der Waals surface area (Å²) in [7, 11) is 0. The predicted molar refractivity (Wildman–Crippen MR) is 122 cm³/mol. The van der Waals surface area contributed by atoms with E-state index in [1.807, 2.05) is 55.5 Å². The van der Waals surface area contributed by atoms with Gasteiger partial charge in [-0.25, -0.2) is 0 Å². The second-order valence-corrected chi connectivity index (χ2v) is 7.12. The highest BCUT2D eigenvalue weighted by molar-refractivity contribution is 7.80. The fourth-order valence-electron chi connectivity index (χ4n) is 2.49. The number of allylic oxidation sites excluding steroid dienone is 1. The Kier molecular flexibility index (Phi) is 6.58. The van der Waals surface area contributed by atoms with Crippen molar-refractivity contribution in [2.24, 2.45) is 0 Å². The van der Waals surface area contributed by atoms with Crippen molar-refractivity contribution in [1.29, 1.82) is 0 Å². The summed E-state index contributed by atoms with van der Waals surface area (Å²) in [5.74, 6) is -0.0677. The second kappa shape index (κ2) is 9.31. The standard InChI is InChI=1S/C23H19ClN2OS/c1-16-2-11-20(12-3-16)25-23(28)26-21-13-7-18(8-14-21)22(27)15-6-17-4-9-19(24)10-5-17/h2-15H,1H3,(H2,25,26,28)/b15-6+. The Bertz CT molecular complexity index is 994. The smallest absolute Gasteiger partial charge is 0.185 e. The lowest BCUT2D eigenvalue weighted by Crippen LogP contribution is -2.19. The fourth-order valence-corrected chi connectivity index (χ4v) is 2.85. The van der Waals surface area contributed by atoms with Crippen LogP contribution >= 0.6 is 23.8 Å². The maximum absolute atomic E-state index is 12.3. The zero-order valence-corrected chi connectivity index (χ0v) is 16.8. The SMILES string of the molecule is Cc1ccc(NC(=S)Nc2ccc(C(=O)/C=C/c3ccc(Cl)cc3)cc2)cc1. The Morgan fingerprint density at radius 1 is 0.857 bits per heavy atom. The Hall–Kier alpha value is -2.95. The highest BCUT2D eigenvalue weighted by atomic mass is 35.5. The van der Waals surface area contributed by atoms with Gasteiger partial charge in [0.05, 0.1) is 0 Å². The van der Waals surface area contributed by atoms with Gasteiger partial charge in [-0.15, -0.1) is 0 Å². The maximum Gasteiger partial charge on any atom is 0.185 e. The Morgan fingerprint density at radius 2 is 1.39 bits per heavy atom. The first-order valence-electron chi connectivity index (χ1n) is 8.72. The average Bonchev–Trinajstić information content (AvgIpc) is 2.69. The molecule has 0 amide bonds. The number of aryl methyl sites for hydroxylation is 1. The van der Waals surface area contributed by atoms with Crippen LogP contribution in [-0.4, -0.2) is 10.9 Å². The Balaban J connectivity index is 1.57. The molecule has 0 saturated heterocycles. The molecule has 0 saturated carbocycles. The fraction of sp³-hybridized carbons (Fsp3) is 0.0435. The van der Waals surface area contributed by atoms with E-state index < -0.39 is 0 Å². The first-order chi connectivity index (χ1) is 13.5. The molecule has 0 atom stereocenters. The van der Waals surface area contributed by atoms with E-state index in [0.29, 0.717) is 15.7 Å². The average molecular weight is 407 g/mol. The van der Waals surface area contributed by atoms with Crippen LogP contribution in [0.4, 0.5) is 11.4 Å². The molecule has 0 aliphatic heterocycles. The van der Waals surface area contributed by atoms with Crippen LogP contribution in [0, 0.1) is 6.92 Å². The number of ketones is 1. The number of nitrogens with one attached hydrogen (secondary N) is 2. The van der Waals surface area contributed by atoms with Crippen LogP contribution in [0.3, 0.4) is 0 Å². The van der Waals surface area contributed by atoms with Gasteiger partial charge in [-0.3, -0.25) is 4.79 Å². The summed E-state index contributed by atoms with van der Waals surface area (Å²) in [6, 6.07) is 22.5. The monoisotopic (exact) mass is 406 g/mol. The van der Waals surface area contributed by atoms with Gasteiger partial charge < -0.3 is 10.6 Å². The van der Waals surface area contributed by atoms with Gasteiger partial charge in [0.1, 0.15) is 0 Å². The predicted octanol–water partition coefficient (Wildman–Crippen LogP) is 6.35. The van der Waals surface area contributed by atoms with Crippen LogP contribution in [0.1, 0.15) is 21.5 Å². The van der Waals surface area contributed by atoms with Crippen molar-refractivity contribution in [3.05, 3.63) is 101 Å². The van der Waals surface area contributed by atoms with Crippen molar-refractivity contribution in [3.8, 4) is 0 Å². The molecule has 0 bridgehead atoms. The zero-order valence-electron chi connectivity index (χ0n) is 15.3. The van der Waals surface area contributed by atoms with Gasteiger partial charge in [0.25, 0.3) is 0 Å². The molecular weight excluding hydrogens is 388 g/mol. The minimum Gasteiger partial charge on any atom is -0.332 e. The zero-order chi connectivity index (χ0) is 19.9.